The molecule has 1 N–H and O–H groups in total. The Balaban J connectivity index is 2.37. The molecule has 1 unspecified atom stereocenters. The summed E-state index contributed by atoms with van der Waals surface area (Å²) in [5.41, 5.74) is 1.11. The highest BCUT2D eigenvalue weighted by Crippen LogP contribution is 2.06. The van der Waals surface area contributed by atoms with Crippen molar-refractivity contribution in [2.24, 2.45) is 13.0 Å². The quantitative estimate of drug-likeness (QED) is 0.765. The van der Waals surface area contributed by atoms with Crippen LogP contribution in [0, 0.1) is 5.92 Å². The number of aryl methyl sites for hydroxylation is 1. The van der Waals surface area contributed by atoms with Crippen LogP contribution in [0.15, 0.2) is 6.20 Å². The Hall–Kier alpha value is -0.940. The molecule has 0 fully saturated rings. The largest absolute Gasteiger partial charge is 0.310 e. The zero-order valence-electron chi connectivity index (χ0n) is 10.9. The van der Waals surface area contributed by atoms with Crippen molar-refractivity contribution in [1.29, 1.82) is 0 Å². The Morgan fingerprint density at radius 1 is 1.44 bits per heavy atom. The fourth-order valence-corrected chi connectivity index (χ4v) is 1.83. The standard InChI is InChI=1S/C11H23N5/c1-9(2)11(15(3)4)8-12-6-10-7-13-14-16(10)5/h7,9,11-12H,6,8H2,1-5H3. The normalized spacial score (nSPS) is 13.7. The smallest absolute Gasteiger partial charge is 0.0738 e. The number of aromatic nitrogens is 3. The molecule has 0 saturated heterocycles. The van der Waals surface area contributed by atoms with E-state index in [0.29, 0.717) is 12.0 Å². The lowest BCUT2D eigenvalue weighted by Crippen LogP contribution is -2.41. The van der Waals surface area contributed by atoms with Crippen molar-refractivity contribution in [3.8, 4) is 0 Å². The molecule has 0 spiro atoms. The van der Waals surface area contributed by atoms with E-state index < -0.39 is 0 Å². The predicted molar refractivity (Wildman–Crippen MR) is 65.0 cm³/mol. The third-order valence-electron chi connectivity index (χ3n) is 2.90. The van der Waals surface area contributed by atoms with Gasteiger partial charge in [-0.05, 0) is 20.0 Å². The summed E-state index contributed by atoms with van der Waals surface area (Å²) in [4.78, 5) is 2.26. The van der Waals surface area contributed by atoms with Gasteiger partial charge in [-0.3, -0.25) is 4.68 Å². The molecule has 5 nitrogen and oxygen atoms in total. The van der Waals surface area contributed by atoms with E-state index in [1.54, 1.807) is 10.9 Å². The molecule has 16 heavy (non-hydrogen) atoms. The lowest BCUT2D eigenvalue weighted by Gasteiger charge is -2.28. The van der Waals surface area contributed by atoms with Crippen molar-refractivity contribution in [3.63, 3.8) is 0 Å². The fraction of sp³-hybridized carbons (Fsp3) is 0.818. The number of likely N-dealkylation sites (N-methyl/N-ethyl adjacent to an activating group) is 1. The molecule has 0 radical (unpaired) electrons. The topological polar surface area (TPSA) is 46.0 Å². The van der Waals surface area contributed by atoms with Crippen molar-refractivity contribution in [2.75, 3.05) is 20.6 Å². The molecule has 1 aromatic rings. The highest BCUT2D eigenvalue weighted by Gasteiger charge is 2.15. The van der Waals surface area contributed by atoms with E-state index in [1.807, 2.05) is 7.05 Å². The second kappa shape index (κ2) is 5.96. The first-order valence-electron chi connectivity index (χ1n) is 5.73. The third kappa shape index (κ3) is 3.57. The van der Waals surface area contributed by atoms with Gasteiger partial charge in [0, 0.05) is 26.2 Å². The fourth-order valence-electron chi connectivity index (χ4n) is 1.83. The first-order valence-corrected chi connectivity index (χ1v) is 5.73. The van der Waals surface area contributed by atoms with E-state index in [1.165, 1.54) is 0 Å². The maximum Gasteiger partial charge on any atom is 0.0738 e. The zero-order valence-corrected chi connectivity index (χ0v) is 10.9. The van der Waals surface area contributed by atoms with Crippen LogP contribution in [0.3, 0.4) is 0 Å². The summed E-state index contributed by atoms with van der Waals surface area (Å²) in [6.07, 6.45) is 1.80. The minimum absolute atomic E-state index is 0.557. The third-order valence-corrected chi connectivity index (χ3v) is 2.90. The average molecular weight is 225 g/mol. The Morgan fingerprint density at radius 2 is 2.12 bits per heavy atom. The molecule has 0 saturated carbocycles. The van der Waals surface area contributed by atoms with Crippen LogP contribution in [0.2, 0.25) is 0 Å². The van der Waals surface area contributed by atoms with E-state index in [4.69, 9.17) is 0 Å². The molecule has 0 bridgehead atoms. The van der Waals surface area contributed by atoms with Crippen LogP contribution in [0.25, 0.3) is 0 Å². The van der Waals surface area contributed by atoms with Crippen LogP contribution < -0.4 is 5.32 Å². The summed E-state index contributed by atoms with van der Waals surface area (Å²) in [6, 6.07) is 0.557. The van der Waals surface area contributed by atoms with Gasteiger partial charge in [0.05, 0.1) is 11.9 Å². The summed E-state index contributed by atoms with van der Waals surface area (Å²) < 4.78 is 1.80. The van der Waals surface area contributed by atoms with Crippen LogP contribution in [-0.4, -0.2) is 46.6 Å². The van der Waals surface area contributed by atoms with Gasteiger partial charge >= 0.3 is 0 Å². The van der Waals surface area contributed by atoms with Crippen LogP contribution in [-0.2, 0) is 13.6 Å². The van der Waals surface area contributed by atoms with Crippen LogP contribution in [0.5, 0.6) is 0 Å². The molecule has 92 valence electrons. The van der Waals surface area contributed by atoms with Gasteiger partial charge in [0.1, 0.15) is 0 Å². The molecular formula is C11H23N5. The van der Waals surface area contributed by atoms with Crippen molar-refractivity contribution >= 4 is 0 Å². The van der Waals surface area contributed by atoms with Gasteiger partial charge in [0.15, 0.2) is 0 Å². The van der Waals surface area contributed by atoms with Crippen molar-refractivity contribution in [1.82, 2.24) is 25.2 Å². The number of hydrogen-bond acceptors (Lipinski definition) is 4. The molecule has 0 aliphatic heterocycles. The van der Waals surface area contributed by atoms with Gasteiger partial charge < -0.3 is 10.2 Å². The van der Waals surface area contributed by atoms with Gasteiger partial charge in [-0.1, -0.05) is 19.1 Å². The Labute approximate surface area is 97.8 Å². The van der Waals surface area contributed by atoms with Gasteiger partial charge in [0.25, 0.3) is 0 Å². The molecule has 0 amide bonds. The maximum atomic E-state index is 3.90. The number of nitrogens with zero attached hydrogens (tertiary/aromatic N) is 4. The molecule has 1 heterocycles. The van der Waals surface area contributed by atoms with Gasteiger partial charge in [-0.15, -0.1) is 5.10 Å². The van der Waals surface area contributed by atoms with Crippen molar-refractivity contribution in [2.45, 2.75) is 26.4 Å². The maximum absolute atomic E-state index is 3.90. The average Bonchev–Trinajstić information content (AvgIpc) is 2.57. The first-order chi connectivity index (χ1) is 7.52. The Kier molecular flexibility index (Phi) is 4.89. The molecule has 0 aromatic carbocycles. The van der Waals surface area contributed by atoms with E-state index in [9.17, 15) is 0 Å². The lowest BCUT2D eigenvalue weighted by atomic mass is 10.0. The summed E-state index contributed by atoms with van der Waals surface area (Å²) in [5, 5.41) is 11.2. The molecule has 0 aliphatic carbocycles. The number of hydrogen-bond donors (Lipinski definition) is 1. The zero-order chi connectivity index (χ0) is 12.1. The lowest BCUT2D eigenvalue weighted by molar-refractivity contribution is 0.224. The minimum atomic E-state index is 0.557. The molecule has 0 aliphatic rings. The van der Waals surface area contributed by atoms with Crippen LogP contribution in [0.4, 0.5) is 0 Å². The SMILES string of the molecule is CC(C)C(CNCc1cnnn1C)N(C)C. The first kappa shape index (κ1) is 13.1. The minimum Gasteiger partial charge on any atom is -0.310 e. The summed E-state index contributed by atoms with van der Waals surface area (Å²) in [7, 11) is 6.16. The van der Waals surface area contributed by atoms with Gasteiger partial charge in [0.2, 0.25) is 0 Å². The van der Waals surface area contributed by atoms with E-state index in [2.05, 4.69) is 48.5 Å². The Bertz CT molecular complexity index is 297. The number of rotatable bonds is 6. The van der Waals surface area contributed by atoms with Gasteiger partial charge in [-0.25, -0.2) is 0 Å². The van der Waals surface area contributed by atoms with Crippen LogP contribution >= 0.6 is 0 Å². The van der Waals surface area contributed by atoms with Gasteiger partial charge in [-0.2, -0.15) is 0 Å². The number of nitrogens with one attached hydrogen (secondary N) is 1. The van der Waals surface area contributed by atoms with Crippen LogP contribution in [0.1, 0.15) is 19.5 Å². The molecule has 1 atom stereocenters. The van der Waals surface area contributed by atoms with Crippen molar-refractivity contribution in [3.05, 3.63) is 11.9 Å². The summed E-state index contributed by atoms with van der Waals surface area (Å²) >= 11 is 0. The second-order valence-corrected chi connectivity index (χ2v) is 4.75. The van der Waals surface area contributed by atoms with Crippen molar-refractivity contribution < 1.29 is 0 Å². The molecule has 5 heteroatoms. The molecular weight excluding hydrogens is 202 g/mol. The summed E-state index contributed by atoms with van der Waals surface area (Å²) in [5.74, 6) is 0.646. The molecule has 1 rings (SSSR count). The second-order valence-electron chi connectivity index (χ2n) is 4.75. The predicted octanol–water partition coefficient (Wildman–Crippen LogP) is 0.491. The Morgan fingerprint density at radius 3 is 2.56 bits per heavy atom. The highest BCUT2D eigenvalue weighted by molar-refractivity contribution is 4.92. The van der Waals surface area contributed by atoms with E-state index in [-0.39, 0.29) is 0 Å². The monoisotopic (exact) mass is 225 g/mol. The highest BCUT2D eigenvalue weighted by atomic mass is 15.4. The molecule has 1 aromatic heterocycles. The summed E-state index contributed by atoms with van der Waals surface area (Å²) in [6.45, 7) is 6.30. The van der Waals surface area contributed by atoms with E-state index in [0.717, 1.165) is 18.8 Å². The van der Waals surface area contributed by atoms with E-state index >= 15 is 0 Å².